The highest BCUT2D eigenvalue weighted by molar-refractivity contribution is 7.88. The van der Waals surface area contributed by atoms with Crippen LogP contribution in [-0.2, 0) is 24.5 Å². The van der Waals surface area contributed by atoms with E-state index in [4.69, 9.17) is 4.74 Å². The summed E-state index contributed by atoms with van der Waals surface area (Å²) in [6.07, 6.45) is 0.983. The molecular formula is C15H16FN3O5S. The molecule has 0 fully saturated rings. The summed E-state index contributed by atoms with van der Waals surface area (Å²) in [6, 6.07) is 5.45. The number of carbonyl (C=O) groups excluding carboxylic acids is 2. The molecule has 1 N–H and O–H groups in total. The molecule has 25 heavy (non-hydrogen) atoms. The molecule has 1 heterocycles. The predicted octanol–water partition coefficient (Wildman–Crippen LogP) is 1.23. The molecule has 1 aromatic rings. The van der Waals surface area contributed by atoms with Gasteiger partial charge in [0.25, 0.3) is 0 Å². The number of ether oxygens (including phenoxy) is 1. The summed E-state index contributed by atoms with van der Waals surface area (Å²) >= 11 is 0. The van der Waals surface area contributed by atoms with E-state index in [1.807, 2.05) is 0 Å². The minimum Gasteiger partial charge on any atom is -0.462 e. The number of amides is 1. The molecule has 8 nitrogen and oxygen atoms in total. The fraction of sp³-hybridized carbons (Fsp3) is 0.267. The quantitative estimate of drug-likeness (QED) is 0.786. The molecular weight excluding hydrogens is 353 g/mol. The lowest BCUT2D eigenvalue weighted by atomic mass is 10.2. The zero-order chi connectivity index (χ0) is 18.6. The van der Waals surface area contributed by atoms with E-state index in [-0.39, 0.29) is 23.6 Å². The monoisotopic (exact) mass is 369 g/mol. The summed E-state index contributed by atoms with van der Waals surface area (Å²) in [5.74, 6) is -2.20. The van der Waals surface area contributed by atoms with E-state index in [1.165, 1.54) is 25.1 Å². The average molecular weight is 369 g/mol. The van der Waals surface area contributed by atoms with Crippen LogP contribution in [0.4, 0.5) is 10.1 Å². The maximum atomic E-state index is 13.5. The topological polar surface area (TPSA) is 105 Å². The van der Waals surface area contributed by atoms with Gasteiger partial charge in [0.15, 0.2) is 0 Å². The van der Waals surface area contributed by atoms with Gasteiger partial charge < -0.3 is 10.1 Å². The molecule has 2 rings (SSSR count). The number of halogens is 1. The lowest BCUT2D eigenvalue weighted by Crippen LogP contribution is -2.37. The fourth-order valence-electron chi connectivity index (χ4n) is 2.01. The molecule has 1 amide bonds. The highest BCUT2D eigenvalue weighted by Crippen LogP contribution is 2.18. The molecule has 0 radical (unpaired) electrons. The molecule has 0 saturated heterocycles. The second kappa shape index (κ2) is 7.43. The molecule has 1 aromatic carbocycles. The number of anilines is 1. The smallest absolute Gasteiger partial charge is 0.344 e. The molecule has 0 unspecified atom stereocenters. The van der Waals surface area contributed by atoms with E-state index >= 15 is 0 Å². The molecule has 1 aliphatic heterocycles. The number of hydrogen-bond acceptors (Lipinski definition) is 5. The van der Waals surface area contributed by atoms with E-state index in [1.54, 1.807) is 6.92 Å². The third kappa shape index (κ3) is 4.41. The maximum Gasteiger partial charge on any atom is 0.344 e. The first-order valence-corrected chi connectivity index (χ1v) is 8.66. The Labute approximate surface area is 144 Å². The summed E-state index contributed by atoms with van der Waals surface area (Å²) < 4.78 is 46.5. The van der Waals surface area contributed by atoms with Gasteiger partial charge in [0.1, 0.15) is 12.4 Å². The van der Waals surface area contributed by atoms with Crippen LogP contribution in [0.5, 0.6) is 0 Å². The Morgan fingerprint density at radius 2 is 2.00 bits per heavy atom. The van der Waals surface area contributed by atoms with Crippen molar-refractivity contribution in [2.24, 2.45) is 4.40 Å². The first kappa shape index (κ1) is 18.6. The number of hydrogen-bond donors (Lipinski definition) is 1. The van der Waals surface area contributed by atoms with Crippen molar-refractivity contribution in [3.63, 3.8) is 0 Å². The van der Waals surface area contributed by atoms with Crippen LogP contribution < -0.4 is 5.32 Å². The van der Waals surface area contributed by atoms with Crippen LogP contribution in [0.3, 0.4) is 0 Å². The minimum atomic E-state index is -4.17. The molecule has 0 aliphatic carbocycles. The van der Waals surface area contributed by atoms with Gasteiger partial charge in [0, 0.05) is 6.20 Å². The third-order valence-corrected chi connectivity index (χ3v) is 4.49. The SMILES string of the molecule is CCOC(=O)C1=CN(CC(=O)Nc2ccccc2F)S(=O)(=O)N=C1C. The van der Waals surface area contributed by atoms with Gasteiger partial charge in [-0.3, -0.25) is 4.79 Å². The molecule has 10 heteroatoms. The predicted molar refractivity (Wildman–Crippen MR) is 88.5 cm³/mol. The van der Waals surface area contributed by atoms with Crippen LogP contribution in [0.2, 0.25) is 0 Å². The third-order valence-electron chi connectivity index (χ3n) is 3.15. The standard InChI is InChI=1S/C15H16FN3O5S/c1-3-24-15(21)11-8-19(25(22,23)18-10(11)2)9-14(20)17-13-7-5-4-6-12(13)16/h4-8H,3,9H2,1-2H3,(H,17,20). The summed E-state index contributed by atoms with van der Waals surface area (Å²) in [4.78, 5) is 23.9. The van der Waals surface area contributed by atoms with E-state index in [0.717, 1.165) is 12.3 Å². The normalized spacial score (nSPS) is 15.9. The van der Waals surface area contributed by atoms with Gasteiger partial charge in [-0.15, -0.1) is 4.40 Å². The zero-order valence-electron chi connectivity index (χ0n) is 13.5. The Morgan fingerprint density at radius 1 is 1.32 bits per heavy atom. The number of benzene rings is 1. The summed E-state index contributed by atoms with van der Waals surface area (Å²) in [6.45, 7) is 2.38. The molecule has 1 aliphatic rings. The number of esters is 1. The van der Waals surface area contributed by atoms with E-state index in [0.29, 0.717) is 4.31 Å². The largest absolute Gasteiger partial charge is 0.462 e. The number of carbonyl (C=O) groups is 2. The number of rotatable bonds is 5. The van der Waals surface area contributed by atoms with Gasteiger partial charge >= 0.3 is 16.2 Å². The summed E-state index contributed by atoms with van der Waals surface area (Å²) in [5.41, 5.74) is -0.198. The van der Waals surface area contributed by atoms with E-state index in [9.17, 15) is 22.4 Å². The van der Waals surface area contributed by atoms with Gasteiger partial charge in [-0.1, -0.05) is 12.1 Å². The highest BCUT2D eigenvalue weighted by Gasteiger charge is 2.30. The first-order valence-electron chi connectivity index (χ1n) is 7.26. The van der Waals surface area contributed by atoms with Crippen molar-refractivity contribution in [3.8, 4) is 0 Å². The summed E-state index contributed by atoms with van der Waals surface area (Å²) in [7, 11) is -4.17. The van der Waals surface area contributed by atoms with Crippen LogP contribution in [0.25, 0.3) is 0 Å². The highest BCUT2D eigenvalue weighted by atomic mass is 32.2. The number of para-hydroxylation sites is 1. The van der Waals surface area contributed by atoms with Crippen molar-refractivity contribution in [2.45, 2.75) is 13.8 Å². The van der Waals surface area contributed by atoms with Crippen molar-refractivity contribution < 1.29 is 27.1 Å². The Bertz CT molecular complexity index is 864. The second-order valence-electron chi connectivity index (χ2n) is 4.99. The Kier molecular flexibility index (Phi) is 5.52. The van der Waals surface area contributed by atoms with Crippen molar-refractivity contribution in [1.29, 1.82) is 0 Å². The van der Waals surface area contributed by atoms with Gasteiger partial charge in [-0.2, -0.15) is 8.42 Å². The number of nitrogens with zero attached hydrogens (tertiary/aromatic N) is 2. The average Bonchev–Trinajstić information content (AvgIpc) is 2.52. The van der Waals surface area contributed by atoms with Crippen LogP contribution in [0, 0.1) is 5.82 Å². The fourth-order valence-corrected chi connectivity index (χ4v) is 3.08. The molecule has 0 atom stereocenters. The number of nitrogens with one attached hydrogen (secondary N) is 1. The van der Waals surface area contributed by atoms with Crippen LogP contribution >= 0.6 is 0 Å². The summed E-state index contributed by atoms with van der Waals surface area (Å²) in [5, 5.41) is 2.26. The van der Waals surface area contributed by atoms with Gasteiger partial charge in [0.05, 0.1) is 23.6 Å². The zero-order valence-corrected chi connectivity index (χ0v) is 14.3. The lowest BCUT2D eigenvalue weighted by Gasteiger charge is -2.22. The Hall–Kier alpha value is -2.75. The molecule has 0 saturated carbocycles. The van der Waals surface area contributed by atoms with Crippen LogP contribution in [-0.4, -0.2) is 43.5 Å². The Balaban J connectivity index is 2.20. The van der Waals surface area contributed by atoms with E-state index in [2.05, 4.69) is 9.71 Å². The second-order valence-corrected chi connectivity index (χ2v) is 6.54. The van der Waals surface area contributed by atoms with E-state index < -0.39 is 34.4 Å². The van der Waals surface area contributed by atoms with Crippen LogP contribution in [0.1, 0.15) is 13.8 Å². The van der Waals surface area contributed by atoms with Gasteiger partial charge in [0.2, 0.25) is 5.91 Å². The minimum absolute atomic E-state index is 0.0378. The molecule has 0 spiro atoms. The maximum absolute atomic E-state index is 13.5. The molecule has 0 aromatic heterocycles. The van der Waals surface area contributed by atoms with Crippen molar-refractivity contribution in [3.05, 3.63) is 41.9 Å². The van der Waals surface area contributed by atoms with Crippen molar-refractivity contribution in [1.82, 2.24) is 4.31 Å². The Morgan fingerprint density at radius 3 is 2.64 bits per heavy atom. The molecule has 0 bridgehead atoms. The molecule has 134 valence electrons. The van der Waals surface area contributed by atoms with Crippen LogP contribution in [0.15, 0.2) is 40.4 Å². The van der Waals surface area contributed by atoms with Crippen molar-refractivity contribution >= 4 is 33.5 Å². The van der Waals surface area contributed by atoms with Gasteiger partial charge in [-0.25, -0.2) is 13.5 Å². The first-order chi connectivity index (χ1) is 11.7. The van der Waals surface area contributed by atoms with Crippen molar-refractivity contribution in [2.75, 3.05) is 18.5 Å². The van der Waals surface area contributed by atoms with Gasteiger partial charge in [-0.05, 0) is 26.0 Å². The lowest BCUT2D eigenvalue weighted by molar-refractivity contribution is -0.138.